The van der Waals surface area contributed by atoms with E-state index in [0.29, 0.717) is 23.3 Å². The number of anilines is 1. The second-order valence-corrected chi connectivity index (χ2v) is 9.02. The number of aromatic carboxylic acids is 1. The molecule has 2 aromatic rings. The molecule has 1 saturated heterocycles. The molecule has 2 heterocycles. The highest BCUT2D eigenvalue weighted by molar-refractivity contribution is 7.13. The largest absolute Gasteiger partial charge is 0.477 e. The van der Waals surface area contributed by atoms with Gasteiger partial charge in [0.25, 0.3) is 0 Å². The Kier molecular flexibility index (Phi) is 7.80. The molecule has 1 unspecified atom stereocenters. The van der Waals surface area contributed by atoms with Crippen molar-refractivity contribution >= 4 is 34.7 Å². The first-order valence-electron chi connectivity index (χ1n) is 10.8. The Labute approximate surface area is 181 Å². The van der Waals surface area contributed by atoms with Crippen LogP contribution in [0.5, 0.6) is 0 Å². The fourth-order valence-electron chi connectivity index (χ4n) is 4.00. The number of hydrogen-bond donors (Lipinski definition) is 1. The molecule has 5 nitrogen and oxygen atoms in total. The lowest BCUT2D eigenvalue weighted by molar-refractivity contribution is -0.117. The molecule has 1 N–H and O–H groups in total. The van der Waals surface area contributed by atoms with Gasteiger partial charge in [-0.15, -0.1) is 11.3 Å². The van der Waals surface area contributed by atoms with Gasteiger partial charge < -0.3 is 10.0 Å². The van der Waals surface area contributed by atoms with Crippen LogP contribution in [-0.2, 0) is 11.2 Å². The maximum atomic E-state index is 12.5. The Morgan fingerprint density at radius 3 is 2.53 bits per heavy atom. The molecule has 6 heteroatoms. The molecule has 1 aromatic carbocycles. The van der Waals surface area contributed by atoms with Gasteiger partial charge in [-0.2, -0.15) is 0 Å². The van der Waals surface area contributed by atoms with Crippen LogP contribution in [0.1, 0.15) is 83.2 Å². The number of unbranched alkanes of at least 4 members (excludes halogenated alkanes) is 2. The van der Waals surface area contributed by atoms with Crippen LogP contribution in [0.4, 0.5) is 5.69 Å². The van der Waals surface area contributed by atoms with Crippen molar-refractivity contribution < 1.29 is 19.5 Å². The van der Waals surface area contributed by atoms with Gasteiger partial charge in [0.05, 0.1) is 0 Å². The van der Waals surface area contributed by atoms with E-state index in [4.69, 9.17) is 5.11 Å². The summed E-state index contributed by atoms with van der Waals surface area (Å²) in [6.07, 6.45) is 7.64. The Hall–Kier alpha value is -2.47. The fourth-order valence-corrected chi connectivity index (χ4v) is 4.89. The average molecular weight is 428 g/mol. The third-order valence-corrected chi connectivity index (χ3v) is 6.77. The number of ketones is 1. The summed E-state index contributed by atoms with van der Waals surface area (Å²) >= 11 is 1.32. The van der Waals surface area contributed by atoms with Gasteiger partial charge in [-0.1, -0.05) is 19.8 Å². The van der Waals surface area contributed by atoms with Crippen molar-refractivity contribution in [2.75, 3.05) is 4.90 Å². The molecule has 1 atom stereocenters. The van der Waals surface area contributed by atoms with Crippen molar-refractivity contribution in [3.8, 4) is 0 Å². The molecule has 1 amide bonds. The summed E-state index contributed by atoms with van der Waals surface area (Å²) in [6, 6.07) is 11.1. The number of carboxylic acid groups (broad SMARTS) is 1. The zero-order valence-corrected chi connectivity index (χ0v) is 18.2. The van der Waals surface area contributed by atoms with Gasteiger partial charge in [0.15, 0.2) is 5.78 Å². The van der Waals surface area contributed by atoms with E-state index in [-0.39, 0.29) is 17.7 Å². The van der Waals surface area contributed by atoms with Crippen LogP contribution in [0.15, 0.2) is 36.4 Å². The van der Waals surface area contributed by atoms with E-state index in [1.807, 2.05) is 35.2 Å². The van der Waals surface area contributed by atoms with Crippen LogP contribution in [0.25, 0.3) is 0 Å². The molecule has 160 valence electrons. The molecule has 0 spiro atoms. The highest BCUT2D eigenvalue weighted by Crippen LogP contribution is 2.30. The van der Waals surface area contributed by atoms with Crippen molar-refractivity contribution in [3.63, 3.8) is 0 Å². The second-order valence-electron chi connectivity index (χ2n) is 7.85. The number of benzene rings is 1. The monoisotopic (exact) mass is 427 g/mol. The SMILES string of the molecule is CCCCCC(=O)c1ccc(N2C(=O)CCC2CCCc2ccc(C(=O)O)s2)cc1. The van der Waals surface area contributed by atoms with Gasteiger partial charge in [-0.05, 0) is 68.5 Å². The van der Waals surface area contributed by atoms with Crippen LogP contribution in [0, 0.1) is 0 Å². The first kappa shape index (κ1) is 22.2. The molecule has 0 radical (unpaired) electrons. The summed E-state index contributed by atoms with van der Waals surface area (Å²) < 4.78 is 0. The summed E-state index contributed by atoms with van der Waals surface area (Å²) in [5.41, 5.74) is 1.57. The summed E-state index contributed by atoms with van der Waals surface area (Å²) in [4.78, 5) is 39.1. The van der Waals surface area contributed by atoms with Crippen molar-refractivity contribution in [1.82, 2.24) is 0 Å². The van der Waals surface area contributed by atoms with Crippen molar-refractivity contribution in [3.05, 3.63) is 51.7 Å². The smallest absolute Gasteiger partial charge is 0.345 e. The number of aryl methyl sites for hydroxylation is 1. The van der Waals surface area contributed by atoms with E-state index in [9.17, 15) is 14.4 Å². The standard InChI is InChI=1S/C24H29NO4S/c1-2-3-4-8-21(26)17-9-11-19(12-10-17)25-18(13-16-23(25)27)6-5-7-20-14-15-22(30-20)24(28)29/h9-12,14-15,18H,2-8,13,16H2,1H3,(H,28,29). The van der Waals surface area contributed by atoms with E-state index >= 15 is 0 Å². The Bertz CT molecular complexity index is 887. The number of hydrogen-bond acceptors (Lipinski definition) is 4. The number of amides is 1. The predicted octanol–water partition coefficient (Wildman–Crippen LogP) is 5.73. The van der Waals surface area contributed by atoms with Crippen LogP contribution >= 0.6 is 11.3 Å². The summed E-state index contributed by atoms with van der Waals surface area (Å²) in [7, 11) is 0. The average Bonchev–Trinajstić information content (AvgIpc) is 3.35. The predicted molar refractivity (Wildman–Crippen MR) is 120 cm³/mol. The molecular weight excluding hydrogens is 398 g/mol. The van der Waals surface area contributed by atoms with Gasteiger partial charge in [0.2, 0.25) is 5.91 Å². The number of rotatable bonds is 11. The minimum absolute atomic E-state index is 0.131. The van der Waals surface area contributed by atoms with E-state index in [0.717, 1.165) is 55.5 Å². The fraction of sp³-hybridized carbons (Fsp3) is 0.458. The quantitative estimate of drug-likeness (QED) is 0.367. The number of carbonyl (C=O) groups excluding carboxylic acids is 2. The molecule has 1 fully saturated rings. The molecule has 1 aromatic heterocycles. The lowest BCUT2D eigenvalue weighted by Gasteiger charge is -2.25. The van der Waals surface area contributed by atoms with E-state index in [2.05, 4.69) is 6.92 Å². The van der Waals surface area contributed by atoms with Crippen molar-refractivity contribution in [1.29, 1.82) is 0 Å². The molecule has 1 aliphatic rings. The van der Waals surface area contributed by atoms with Gasteiger partial charge in [-0.25, -0.2) is 4.79 Å². The van der Waals surface area contributed by atoms with Crippen molar-refractivity contribution in [2.24, 2.45) is 0 Å². The third-order valence-electron chi connectivity index (χ3n) is 5.63. The molecule has 30 heavy (non-hydrogen) atoms. The number of nitrogens with zero attached hydrogens (tertiary/aromatic N) is 1. The number of thiophene rings is 1. The molecule has 0 bridgehead atoms. The molecule has 0 saturated carbocycles. The lowest BCUT2D eigenvalue weighted by atomic mass is 10.0. The zero-order valence-electron chi connectivity index (χ0n) is 17.4. The zero-order chi connectivity index (χ0) is 21.5. The van der Waals surface area contributed by atoms with Gasteiger partial charge in [-0.3, -0.25) is 9.59 Å². The number of carboxylic acids is 1. The summed E-state index contributed by atoms with van der Waals surface area (Å²) in [6.45, 7) is 2.12. The Balaban J connectivity index is 1.57. The van der Waals surface area contributed by atoms with E-state index < -0.39 is 5.97 Å². The first-order valence-corrected chi connectivity index (χ1v) is 11.6. The van der Waals surface area contributed by atoms with Gasteiger partial charge in [0.1, 0.15) is 4.88 Å². The van der Waals surface area contributed by atoms with Crippen molar-refractivity contribution in [2.45, 2.75) is 70.8 Å². The number of Topliss-reactive ketones (excluding diaryl/α,β-unsaturated/α-hetero) is 1. The maximum absolute atomic E-state index is 12.5. The van der Waals surface area contributed by atoms with E-state index in [1.54, 1.807) is 6.07 Å². The Morgan fingerprint density at radius 2 is 1.87 bits per heavy atom. The van der Waals surface area contributed by atoms with Gasteiger partial charge in [0, 0.05) is 35.0 Å². The number of carbonyl (C=O) groups is 3. The van der Waals surface area contributed by atoms with Gasteiger partial charge >= 0.3 is 5.97 Å². The molecule has 0 aliphatic carbocycles. The second kappa shape index (κ2) is 10.5. The third kappa shape index (κ3) is 5.57. The van der Waals surface area contributed by atoms with Crippen LogP contribution < -0.4 is 4.90 Å². The summed E-state index contributed by atoms with van der Waals surface area (Å²) in [5.74, 6) is -0.589. The van der Waals surface area contributed by atoms with Crippen LogP contribution in [0.2, 0.25) is 0 Å². The van der Waals surface area contributed by atoms with Crippen LogP contribution in [-0.4, -0.2) is 28.8 Å². The minimum atomic E-state index is -0.883. The Morgan fingerprint density at radius 1 is 1.10 bits per heavy atom. The summed E-state index contributed by atoms with van der Waals surface area (Å²) in [5, 5.41) is 9.04. The molecular formula is C24H29NO4S. The highest BCUT2D eigenvalue weighted by atomic mass is 32.1. The van der Waals surface area contributed by atoms with Crippen LogP contribution in [0.3, 0.4) is 0 Å². The normalized spacial score (nSPS) is 16.2. The lowest BCUT2D eigenvalue weighted by Crippen LogP contribution is -2.32. The first-order chi connectivity index (χ1) is 14.5. The molecule has 1 aliphatic heterocycles. The maximum Gasteiger partial charge on any atom is 0.345 e. The highest BCUT2D eigenvalue weighted by Gasteiger charge is 2.31. The molecule has 3 rings (SSSR count). The minimum Gasteiger partial charge on any atom is -0.477 e. The van der Waals surface area contributed by atoms with E-state index in [1.165, 1.54) is 11.3 Å². The topological polar surface area (TPSA) is 74.7 Å².